The summed E-state index contributed by atoms with van der Waals surface area (Å²) in [7, 11) is 0. The van der Waals surface area contributed by atoms with Crippen LogP contribution in [0.15, 0.2) is 42.7 Å². The maximum absolute atomic E-state index is 12.4. The molecule has 0 bridgehead atoms. The summed E-state index contributed by atoms with van der Waals surface area (Å²) in [5.74, 6) is 1.38. The maximum Gasteiger partial charge on any atom is 0.410 e. The van der Waals surface area contributed by atoms with Gasteiger partial charge in [0.25, 0.3) is 0 Å². The molecule has 44 heavy (non-hydrogen) atoms. The minimum atomic E-state index is -0.532. The molecule has 2 aliphatic rings. The van der Waals surface area contributed by atoms with E-state index in [1.807, 2.05) is 49.9 Å². The van der Waals surface area contributed by atoms with Crippen molar-refractivity contribution in [1.82, 2.24) is 24.8 Å². The van der Waals surface area contributed by atoms with Crippen LogP contribution in [0.4, 0.5) is 10.7 Å². The highest BCUT2D eigenvalue weighted by molar-refractivity contribution is 6.35. The fraction of sp³-hybridized carbons (Fsp3) is 0.484. The van der Waals surface area contributed by atoms with Crippen molar-refractivity contribution in [3.8, 4) is 22.9 Å². The van der Waals surface area contributed by atoms with Crippen molar-refractivity contribution in [3.05, 3.63) is 58.3 Å². The van der Waals surface area contributed by atoms with Gasteiger partial charge in [-0.15, -0.1) is 0 Å². The monoisotopic (exact) mass is 644 g/mol. The predicted octanol–water partition coefficient (Wildman–Crippen LogP) is 5.28. The molecule has 0 spiro atoms. The minimum Gasteiger partial charge on any atom is -0.444 e. The lowest BCUT2D eigenvalue weighted by Gasteiger charge is -2.35. The number of hydrogen-bond acceptors (Lipinski definition) is 10. The molecule has 4 heterocycles. The molecular weight excluding hydrogens is 607 g/mol. The quantitative estimate of drug-likeness (QED) is 0.364. The molecule has 236 valence electrons. The van der Waals surface area contributed by atoms with E-state index in [-0.39, 0.29) is 18.8 Å². The Balaban J connectivity index is 1.29. The van der Waals surface area contributed by atoms with Crippen LogP contribution in [0.5, 0.6) is 11.6 Å². The van der Waals surface area contributed by atoms with Gasteiger partial charge in [0.2, 0.25) is 11.8 Å². The number of carbonyl (C=O) groups excluding carboxylic acids is 1. The number of pyridine rings is 1. The lowest BCUT2D eigenvalue weighted by Crippen LogP contribution is -2.50. The Labute approximate surface area is 267 Å². The molecule has 3 aromatic rings. The standard InChI is InChI=1S/C31H38Cl2N6O5/c1-31(2,3)44-30(41)39-8-6-38(7-9-39)29-34-17-26(18-35-29)43-28-13-21(19-37-5-4-25(20-40)42-11-10-37)12-27(36-28)22-14-23(32)16-24(33)15-22/h12-18,25,40H,4-11,19-20H2,1-3H3/t25-/m0/s1. The van der Waals surface area contributed by atoms with Crippen molar-refractivity contribution in [3.63, 3.8) is 0 Å². The first kappa shape index (κ1) is 32.2. The number of aromatic nitrogens is 3. The number of rotatable bonds is 7. The van der Waals surface area contributed by atoms with Gasteiger partial charge >= 0.3 is 6.09 Å². The van der Waals surface area contributed by atoms with Crippen molar-refractivity contribution in [2.45, 2.75) is 45.4 Å². The molecule has 2 aromatic heterocycles. The van der Waals surface area contributed by atoms with Gasteiger partial charge in [0.15, 0.2) is 5.75 Å². The Kier molecular flexibility index (Phi) is 10.4. The number of nitrogens with zero attached hydrogens (tertiary/aromatic N) is 6. The van der Waals surface area contributed by atoms with E-state index in [9.17, 15) is 9.90 Å². The second kappa shape index (κ2) is 14.3. The predicted molar refractivity (Wildman–Crippen MR) is 169 cm³/mol. The van der Waals surface area contributed by atoms with Crippen LogP contribution in [0.2, 0.25) is 10.0 Å². The number of anilines is 1. The Morgan fingerprint density at radius 3 is 2.36 bits per heavy atom. The minimum absolute atomic E-state index is 0.0178. The molecule has 2 saturated heterocycles. The van der Waals surface area contributed by atoms with Crippen LogP contribution in [-0.4, -0.2) is 100 Å². The van der Waals surface area contributed by atoms with Crippen molar-refractivity contribution >= 4 is 35.2 Å². The summed E-state index contributed by atoms with van der Waals surface area (Å²) in [6, 6.07) is 9.21. The number of hydrogen-bond donors (Lipinski definition) is 1. The fourth-order valence-corrected chi connectivity index (χ4v) is 5.57. The van der Waals surface area contributed by atoms with Gasteiger partial charge in [-0.2, -0.15) is 0 Å². The second-order valence-corrected chi connectivity index (χ2v) is 12.7. The summed E-state index contributed by atoms with van der Waals surface area (Å²) in [6.07, 6.45) is 3.54. The van der Waals surface area contributed by atoms with Crippen LogP contribution in [-0.2, 0) is 16.0 Å². The molecule has 13 heteroatoms. The zero-order valence-electron chi connectivity index (χ0n) is 25.2. The first-order valence-electron chi connectivity index (χ1n) is 14.7. The number of amides is 1. The first-order chi connectivity index (χ1) is 21.0. The number of benzene rings is 1. The summed E-state index contributed by atoms with van der Waals surface area (Å²) in [6.45, 7) is 10.6. The van der Waals surface area contributed by atoms with Crippen molar-refractivity contribution in [1.29, 1.82) is 0 Å². The van der Waals surface area contributed by atoms with Crippen LogP contribution >= 0.6 is 23.2 Å². The van der Waals surface area contributed by atoms with Crippen LogP contribution in [0.25, 0.3) is 11.3 Å². The smallest absolute Gasteiger partial charge is 0.410 e. The van der Waals surface area contributed by atoms with Gasteiger partial charge in [-0.1, -0.05) is 23.2 Å². The van der Waals surface area contributed by atoms with Crippen LogP contribution in [0, 0.1) is 0 Å². The van der Waals surface area contributed by atoms with Crippen molar-refractivity contribution < 1.29 is 24.1 Å². The Morgan fingerprint density at radius 1 is 1.00 bits per heavy atom. The molecule has 1 N–H and O–H groups in total. The first-order valence-corrected chi connectivity index (χ1v) is 15.5. The molecule has 1 amide bonds. The third kappa shape index (κ3) is 8.92. The molecule has 0 aliphatic carbocycles. The molecule has 2 fully saturated rings. The average Bonchev–Trinajstić information content (AvgIpc) is 3.21. The SMILES string of the molecule is CC(C)(C)OC(=O)N1CCN(c2ncc(Oc3cc(CN4CCO[C@H](CO)CC4)cc(-c4cc(Cl)cc(Cl)c4)n3)cn2)CC1. The van der Waals surface area contributed by atoms with Crippen LogP contribution in [0.3, 0.4) is 0 Å². The summed E-state index contributed by atoms with van der Waals surface area (Å²) in [5.41, 5.74) is 1.89. The lowest BCUT2D eigenvalue weighted by atomic mass is 10.1. The fourth-order valence-electron chi connectivity index (χ4n) is 5.04. The van der Waals surface area contributed by atoms with Crippen LogP contribution < -0.4 is 9.64 Å². The van der Waals surface area contributed by atoms with Gasteiger partial charge < -0.3 is 29.1 Å². The molecule has 2 aliphatic heterocycles. The molecule has 11 nitrogen and oxygen atoms in total. The highest BCUT2D eigenvalue weighted by Gasteiger charge is 2.27. The van der Waals surface area contributed by atoms with E-state index in [1.165, 1.54) is 0 Å². The van der Waals surface area contributed by atoms with E-state index < -0.39 is 5.60 Å². The van der Waals surface area contributed by atoms with Gasteiger partial charge in [0.1, 0.15) is 5.60 Å². The van der Waals surface area contributed by atoms with E-state index in [0.29, 0.717) is 72.6 Å². The van der Waals surface area contributed by atoms with Gasteiger partial charge in [-0.25, -0.2) is 19.7 Å². The summed E-state index contributed by atoms with van der Waals surface area (Å²) >= 11 is 12.6. The van der Waals surface area contributed by atoms with E-state index in [1.54, 1.807) is 23.4 Å². The Hall–Kier alpha value is -3.22. The Bertz CT molecular complexity index is 1410. The zero-order chi connectivity index (χ0) is 31.3. The number of halogens is 2. The number of aliphatic hydroxyl groups excluding tert-OH is 1. The second-order valence-electron chi connectivity index (χ2n) is 11.9. The summed E-state index contributed by atoms with van der Waals surface area (Å²) in [5, 5.41) is 10.5. The van der Waals surface area contributed by atoms with Crippen LogP contribution in [0.1, 0.15) is 32.8 Å². The number of aliphatic hydroxyl groups is 1. The molecule has 0 unspecified atom stereocenters. The average molecular weight is 646 g/mol. The number of piperazine rings is 1. The number of carbonyl (C=O) groups is 1. The Morgan fingerprint density at radius 2 is 1.70 bits per heavy atom. The van der Waals surface area contributed by atoms with E-state index in [4.69, 9.17) is 42.4 Å². The highest BCUT2D eigenvalue weighted by atomic mass is 35.5. The molecular formula is C31H38Cl2N6O5. The normalized spacial score (nSPS) is 18.2. The third-order valence-electron chi connectivity index (χ3n) is 7.21. The molecule has 1 atom stereocenters. The molecule has 5 rings (SSSR count). The third-order valence-corrected chi connectivity index (χ3v) is 7.65. The lowest BCUT2D eigenvalue weighted by molar-refractivity contribution is 0.0209. The van der Waals surface area contributed by atoms with E-state index >= 15 is 0 Å². The molecule has 1 aromatic carbocycles. The van der Waals surface area contributed by atoms with E-state index in [2.05, 4.69) is 14.9 Å². The van der Waals surface area contributed by atoms with E-state index in [0.717, 1.165) is 30.6 Å². The topological polar surface area (TPSA) is 113 Å². The highest BCUT2D eigenvalue weighted by Crippen LogP contribution is 2.30. The molecule has 0 saturated carbocycles. The van der Waals surface area contributed by atoms with Crippen molar-refractivity contribution in [2.24, 2.45) is 0 Å². The van der Waals surface area contributed by atoms with Gasteiger partial charge in [0, 0.05) is 67.5 Å². The van der Waals surface area contributed by atoms with Gasteiger partial charge in [-0.3, -0.25) is 4.90 Å². The molecule has 0 radical (unpaired) electrons. The summed E-state index contributed by atoms with van der Waals surface area (Å²) < 4.78 is 17.4. The summed E-state index contributed by atoms with van der Waals surface area (Å²) in [4.78, 5) is 32.2. The zero-order valence-corrected chi connectivity index (χ0v) is 26.7. The van der Waals surface area contributed by atoms with Gasteiger partial charge in [0.05, 0.1) is 37.4 Å². The largest absolute Gasteiger partial charge is 0.444 e. The van der Waals surface area contributed by atoms with Gasteiger partial charge in [-0.05, 0) is 57.0 Å². The van der Waals surface area contributed by atoms with Crippen molar-refractivity contribution in [2.75, 3.05) is 57.4 Å². The maximum atomic E-state index is 12.4. The number of ether oxygens (including phenoxy) is 3.